The van der Waals surface area contributed by atoms with Crippen molar-refractivity contribution < 1.29 is 18.7 Å². The highest BCUT2D eigenvalue weighted by Gasteiger charge is 2.37. The predicted molar refractivity (Wildman–Crippen MR) is 144 cm³/mol. The van der Waals surface area contributed by atoms with Crippen LogP contribution in [0.25, 0.3) is 0 Å². The van der Waals surface area contributed by atoms with E-state index in [-0.39, 0.29) is 17.8 Å². The van der Waals surface area contributed by atoms with E-state index in [1.54, 1.807) is 29.2 Å². The van der Waals surface area contributed by atoms with Gasteiger partial charge in [-0.2, -0.15) is 0 Å². The number of halogens is 2. The summed E-state index contributed by atoms with van der Waals surface area (Å²) < 4.78 is 19.8. The molecule has 1 fully saturated rings. The molecule has 1 aliphatic heterocycles. The second-order valence-corrected chi connectivity index (χ2v) is 9.33. The summed E-state index contributed by atoms with van der Waals surface area (Å²) in [4.78, 5) is 30.6. The van der Waals surface area contributed by atoms with Gasteiger partial charge in [0.1, 0.15) is 29.2 Å². The Morgan fingerprint density at radius 1 is 1.11 bits per heavy atom. The van der Waals surface area contributed by atoms with Gasteiger partial charge in [0.05, 0.1) is 0 Å². The van der Waals surface area contributed by atoms with E-state index in [4.69, 9.17) is 16.3 Å². The zero-order chi connectivity index (χ0) is 26.4. The van der Waals surface area contributed by atoms with Crippen molar-refractivity contribution in [3.63, 3.8) is 0 Å². The summed E-state index contributed by atoms with van der Waals surface area (Å²) in [6.45, 7) is 5.62. The Labute approximate surface area is 222 Å². The summed E-state index contributed by atoms with van der Waals surface area (Å²) in [5.74, 6) is -0.0984. The number of alkyl halides is 1. The minimum absolute atomic E-state index is 0.167. The second kappa shape index (κ2) is 12.2. The SMILES string of the molecule is CC[C@H]1CN(C(=O)[C@@H](c2ccc(F)cc2)N(C(=O)CCl)c2ccc(Oc3ccccc3)cc2C)CCN1. The van der Waals surface area contributed by atoms with E-state index in [1.165, 1.54) is 17.0 Å². The number of benzene rings is 3. The molecule has 0 spiro atoms. The van der Waals surface area contributed by atoms with Gasteiger partial charge < -0.3 is 15.0 Å². The molecule has 2 atom stereocenters. The lowest BCUT2D eigenvalue weighted by Gasteiger charge is -2.39. The van der Waals surface area contributed by atoms with Gasteiger partial charge in [0, 0.05) is 31.4 Å². The van der Waals surface area contributed by atoms with E-state index in [0.29, 0.717) is 42.4 Å². The summed E-state index contributed by atoms with van der Waals surface area (Å²) in [6.07, 6.45) is 0.872. The molecule has 0 bridgehead atoms. The number of hydrogen-bond acceptors (Lipinski definition) is 4. The monoisotopic (exact) mass is 523 g/mol. The molecule has 0 saturated carbocycles. The first kappa shape index (κ1) is 26.6. The normalized spacial score (nSPS) is 16.2. The van der Waals surface area contributed by atoms with E-state index in [2.05, 4.69) is 12.2 Å². The second-order valence-electron chi connectivity index (χ2n) is 9.06. The largest absolute Gasteiger partial charge is 0.457 e. The molecule has 3 aromatic rings. The van der Waals surface area contributed by atoms with Gasteiger partial charge in [0.25, 0.3) is 5.91 Å². The molecular weight excluding hydrogens is 493 g/mol. The molecule has 8 heteroatoms. The highest BCUT2D eigenvalue weighted by molar-refractivity contribution is 6.30. The first-order chi connectivity index (χ1) is 17.9. The van der Waals surface area contributed by atoms with E-state index in [1.807, 2.05) is 43.3 Å². The number of carbonyl (C=O) groups is 2. The molecule has 3 aromatic carbocycles. The van der Waals surface area contributed by atoms with E-state index >= 15 is 0 Å². The lowest BCUT2D eigenvalue weighted by molar-refractivity contribution is -0.135. The lowest BCUT2D eigenvalue weighted by Crippen LogP contribution is -2.55. The summed E-state index contributed by atoms with van der Waals surface area (Å²) in [5.41, 5.74) is 1.79. The van der Waals surface area contributed by atoms with Crippen molar-refractivity contribution in [2.75, 3.05) is 30.4 Å². The molecule has 1 N–H and O–H groups in total. The van der Waals surface area contributed by atoms with Crippen LogP contribution in [0.1, 0.15) is 30.5 Å². The van der Waals surface area contributed by atoms with Crippen LogP contribution in [-0.4, -0.2) is 48.3 Å². The lowest BCUT2D eigenvalue weighted by atomic mass is 10.00. The summed E-state index contributed by atoms with van der Waals surface area (Å²) in [6, 6.07) is 19.6. The average Bonchev–Trinajstić information content (AvgIpc) is 2.93. The highest BCUT2D eigenvalue weighted by atomic mass is 35.5. The molecule has 1 heterocycles. The maximum absolute atomic E-state index is 14.0. The molecule has 0 radical (unpaired) electrons. The van der Waals surface area contributed by atoms with Crippen molar-refractivity contribution >= 4 is 29.1 Å². The van der Waals surface area contributed by atoms with Crippen LogP contribution in [0.15, 0.2) is 72.8 Å². The van der Waals surface area contributed by atoms with Crippen LogP contribution in [0.3, 0.4) is 0 Å². The number of rotatable bonds is 8. The third-order valence-corrected chi connectivity index (χ3v) is 6.76. The minimum atomic E-state index is -0.998. The molecule has 0 aromatic heterocycles. The van der Waals surface area contributed by atoms with E-state index in [0.717, 1.165) is 12.0 Å². The Balaban J connectivity index is 1.74. The Morgan fingerprint density at radius 2 is 1.84 bits per heavy atom. The Bertz CT molecular complexity index is 1220. The predicted octanol–water partition coefficient (Wildman–Crippen LogP) is 5.45. The zero-order valence-corrected chi connectivity index (χ0v) is 21.7. The van der Waals surface area contributed by atoms with Crippen LogP contribution in [0.4, 0.5) is 10.1 Å². The fourth-order valence-corrected chi connectivity index (χ4v) is 4.72. The number of nitrogens with zero attached hydrogens (tertiary/aromatic N) is 2. The van der Waals surface area contributed by atoms with Crippen molar-refractivity contribution in [1.29, 1.82) is 0 Å². The van der Waals surface area contributed by atoms with Gasteiger partial charge in [-0.3, -0.25) is 14.5 Å². The molecule has 4 rings (SSSR count). The quantitative estimate of drug-likeness (QED) is 0.399. The molecule has 0 aliphatic carbocycles. The molecular formula is C29H31ClFN3O3. The minimum Gasteiger partial charge on any atom is -0.457 e. The molecule has 1 saturated heterocycles. The number of nitrogens with one attached hydrogen (secondary N) is 1. The van der Waals surface area contributed by atoms with Gasteiger partial charge in [-0.25, -0.2) is 4.39 Å². The fourth-order valence-electron chi connectivity index (χ4n) is 4.59. The molecule has 2 amide bonds. The van der Waals surface area contributed by atoms with Crippen molar-refractivity contribution in [2.45, 2.75) is 32.4 Å². The van der Waals surface area contributed by atoms with Gasteiger partial charge in [-0.15, -0.1) is 11.6 Å². The fraction of sp³-hybridized carbons (Fsp3) is 0.310. The average molecular weight is 524 g/mol. The van der Waals surface area contributed by atoms with Crippen LogP contribution in [-0.2, 0) is 9.59 Å². The number of aryl methyl sites for hydroxylation is 1. The van der Waals surface area contributed by atoms with Gasteiger partial charge in [0.2, 0.25) is 5.91 Å². The van der Waals surface area contributed by atoms with Crippen molar-refractivity contribution in [3.8, 4) is 11.5 Å². The Kier molecular flexibility index (Phi) is 8.79. The maximum atomic E-state index is 14.0. The van der Waals surface area contributed by atoms with Crippen molar-refractivity contribution in [3.05, 3.63) is 89.7 Å². The number of para-hydroxylation sites is 1. The standard InChI is InChI=1S/C29H31ClFN3O3/c1-3-23-19-33(16-15-32-23)29(36)28(21-9-11-22(31)12-10-21)34(27(35)18-30)26-14-13-25(17-20(26)2)37-24-7-5-4-6-8-24/h4-14,17,23,28,32H,3,15-16,18-19H2,1-2H3/t23-,28+/m0/s1. The van der Waals surface area contributed by atoms with E-state index in [9.17, 15) is 14.0 Å². The smallest absolute Gasteiger partial charge is 0.250 e. The third kappa shape index (κ3) is 6.29. The first-order valence-corrected chi connectivity index (χ1v) is 12.9. The number of hydrogen-bond donors (Lipinski definition) is 1. The Morgan fingerprint density at radius 3 is 2.49 bits per heavy atom. The van der Waals surface area contributed by atoms with Crippen molar-refractivity contribution in [1.82, 2.24) is 10.2 Å². The number of piperazine rings is 1. The van der Waals surface area contributed by atoms with Crippen LogP contribution in [0.2, 0.25) is 0 Å². The molecule has 0 unspecified atom stereocenters. The molecule has 1 aliphatic rings. The van der Waals surface area contributed by atoms with Gasteiger partial charge in [0.15, 0.2) is 0 Å². The summed E-state index contributed by atoms with van der Waals surface area (Å²) >= 11 is 6.07. The van der Waals surface area contributed by atoms with Crippen LogP contribution < -0.4 is 15.0 Å². The molecule has 6 nitrogen and oxygen atoms in total. The maximum Gasteiger partial charge on any atom is 0.250 e. The number of anilines is 1. The van der Waals surface area contributed by atoms with Crippen molar-refractivity contribution in [2.24, 2.45) is 0 Å². The number of carbonyl (C=O) groups excluding carboxylic acids is 2. The molecule has 194 valence electrons. The zero-order valence-electron chi connectivity index (χ0n) is 21.0. The summed E-state index contributed by atoms with van der Waals surface area (Å²) in [5, 5.41) is 3.41. The van der Waals surface area contributed by atoms with Gasteiger partial charge in [-0.1, -0.05) is 37.3 Å². The summed E-state index contributed by atoms with van der Waals surface area (Å²) in [7, 11) is 0. The van der Waals surface area contributed by atoms with Crippen LogP contribution >= 0.6 is 11.6 Å². The first-order valence-electron chi connectivity index (χ1n) is 12.4. The topological polar surface area (TPSA) is 61.9 Å². The van der Waals surface area contributed by atoms with Gasteiger partial charge in [-0.05, 0) is 66.9 Å². The van der Waals surface area contributed by atoms with E-state index < -0.39 is 17.8 Å². The number of ether oxygens (including phenoxy) is 1. The Hall–Kier alpha value is -3.42. The van der Waals surface area contributed by atoms with Crippen LogP contribution in [0, 0.1) is 12.7 Å². The number of amides is 2. The highest BCUT2D eigenvalue weighted by Crippen LogP contribution is 2.35. The van der Waals surface area contributed by atoms with Gasteiger partial charge >= 0.3 is 0 Å². The van der Waals surface area contributed by atoms with Crippen LogP contribution in [0.5, 0.6) is 11.5 Å². The third-order valence-electron chi connectivity index (χ3n) is 6.53. The molecule has 37 heavy (non-hydrogen) atoms.